The van der Waals surface area contributed by atoms with Gasteiger partial charge in [0.05, 0.1) is 17.6 Å². The molecule has 0 aliphatic rings. The zero-order valence-electron chi connectivity index (χ0n) is 21.2. The highest BCUT2D eigenvalue weighted by Crippen LogP contribution is 2.28. The molecule has 1 atom stereocenters. The molecule has 1 amide bonds. The maximum absolute atomic E-state index is 12.3. The molecule has 0 saturated carbocycles. The summed E-state index contributed by atoms with van der Waals surface area (Å²) in [6.07, 6.45) is 6.02. The van der Waals surface area contributed by atoms with E-state index in [0.29, 0.717) is 25.5 Å². The van der Waals surface area contributed by atoms with Crippen molar-refractivity contribution >= 4 is 23.0 Å². The molecule has 5 heteroatoms. The molecular formula is C31H35N3O2. The van der Waals surface area contributed by atoms with E-state index in [1.807, 2.05) is 60.7 Å². The van der Waals surface area contributed by atoms with Crippen LogP contribution in [0.25, 0.3) is 17.1 Å². The predicted octanol–water partition coefficient (Wildman–Crippen LogP) is 6.39. The fraction of sp³-hybridized carbons (Fsp3) is 0.290. The van der Waals surface area contributed by atoms with Gasteiger partial charge in [-0.15, -0.1) is 0 Å². The Labute approximate surface area is 213 Å². The Morgan fingerprint density at radius 3 is 2.61 bits per heavy atom. The lowest BCUT2D eigenvalue weighted by Gasteiger charge is -2.16. The molecule has 1 heterocycles. The molecule has 36 heavy (non-hydrogen) atoms. The van der Waals surface area contributed by atoms with Crippen molar-refractivity contribution in [2.45, 2.75) is 45.6 Å². The van der Waals surface area contributed by atoms with Crippen molar-refractivity contribution in [1.29, 1.82) is 0 Å². The monoisotopic (exact) mass is 481 g/mol. The second kappa shape index (κ2) is 12.7. The highest BCUT2D eigenvalue weighted by atomic mass is 16.5. The molecule has 186 valence electrons. The summed E-state index contributed by atoms with van der Waals surface area (Å²) < 4.78 is 8.44. The van der Waals surface area contributed by atoms with Crippen molar-refractivity contribution in [1.82, 2.24) is 14.9 Å². The van der Waals surface area contributed by atoms with Gasteiger partial charge in [0, 0.05) is 25.6 Å². The number of fused-ring (bicyclic) bond motifs is 1. The number of aryl methyl sites for hydroxylation is 1. The molecule has 0 aliphatic carbocycles. The number of imidazole rings is 1. The number of rotatable bonds is 12. The summed E-state index contributed by atoms with van der Waals surface area (Å²) in [6, 6.07) is 26.3. The van der Waals surface area contributed by atoms with E-state index >= 15 is 0 Å². The normalized spacial score (nSPS) is 12.2. The van der Waals surface area contributed by atoms with Crippen LogP contribution in [0.2, 0.25) is 0 Å². The van der Waals surface area contributed by atoms with Gasteiger partial charge in [0.2, 0.25) is 5.91 Å². The fourth-order valence-electron chi connectivity index (χ4n) is 4.30. The molecule has 0 fully saturated rings. The molecule has 0 radical (unpaired) electrons. The predicted molar refractivity (Wildman–Crippen MR) is 147 cm³/mol. The number of nitrogens with zero attached hydrogens (tertiary/aromatic N) is 2. The lowest BCUT2D eigenvalue weighted by atomic mass is 9.98. The van der Waals surface area contributed by atoms with E-state index in [2.05, 4.69) is 48.0 Å². The van der Waals surface area contributed by atoms with Gasteiger partial charge in [-0.1, -0.05) is 74.5 Å². The first kappa shape index (κ1) is 25.2. The lowest BCUT2D eigenvalue weighted by molar-refractivity contribution is -0.116. The van der Waals surface area contributed by atoms with Crippen LogP contribution >= 0.6 is 0 Å². The Bertz CT molecular complexity index is 1290. The molecule has 5 nitrogen and oxygen atoms in total. The van der Waals surface area contributed by atoms with E-state index in [-0.39, 0.29) is 5.91 Å². The smallest absolute Gasteiger partial charge is 0.244 e. The fourth-order valence-corrected chi connectivity index (χ4v) is 4.30. The minimum Gasteiger partial charge on any atom is -0.493 e. The molecule has 0 aliphatic heterocycles. The Balaban J connectivity index is 1.35. The number of hydrogen-bond acceptors (Lipinski definition) is 3. The third-order valence-electron chi connectivity index (χ3n) is 6.45. The molecule has 0 spiro atoms. The van der Waals surface area contributed by atoms with Crippen molar-refractivity contribution in [2.75, 3.05) is 13.2 Å². The standard InChI is InChI=1S/C31H35N3O2/c1-3-24(2)26-14-7-10-17-29(26)36-23-11-22-34-28-16-9-8-15-27(28)33-30(34)20-21-32-31(35)19-18-25-12-5-4-6-13-25/h4-10,12-19,24H,3,11,20-23H2,1-2H3,(H,32,35)/b19-18+. The number of ether oxygens (including phenoxy) is 1. The van der Waals surface area contributed by atoms with Gasteiger partial charge in [-0.3, -0.25) is 4.79 Å². The highest BCUT2D eigenvalue weighted by molar-refractivity contribution is 5.91. The molecule has 1 unspecified atom stereocenters. The van der Waals surface area contributed by atoms with E-state index in [1.54, 1.807) is 6.08 Å². The lowest BCUT2D eigenvalue weighted by Crippen LogP contribution is -2.24. The van der Waals surface area contributed by atoms with E-state index in [9.17, 15) is 4.79 Å². The van der Waals surface area contributed by atoms with Gasteiger partial charge in [0.1, 0.15) is 11.6 Å². The third-order valence-corrected chi connectivity index (χ3v) is 6.45. The van der Waals surface area contributed by atoms with Crippen molar-refractivity contribution in [3.8, 4) is 5.75 Å². The number of carbonyl (C=O) groups excluding carboxylic acids is 1. The number of benzene rings is 3. The minimum atomic E-state index is -0.102. The quantitative estimate of drug-likeness (QED) is 0.188. The molecule has 1 aromatic heterocycles. The topological polar surface area (TPSA) is 56.1 Å². The van der Waals surface area contributed by atoms with Crippen molar-refractivity contribution in [3.63, 3.8) is 0 Å². The maximum Gasteiger partial charge on any atom is 0.244 e. The average molecular weight is 482 g/mol. The summed E-state index contributed by atoms with van der Waals surface area (Å²) in [5.74, 6) is 2.33. The zero-order valence-corrected chi connectivity index (χ0v) is 21.2. The summed E-state index contributed by atoms with van der Waals surface area (Å²) in [5.41, 5.74) is 4.36. The summed E-state index contributed by atoms with van der Waals surface area (Å²) >= 11 is 0. The van der Waals surface area contributed by atoms with Gasteiger partial charge in [-0.25, -0.2) is 4.98 Å². The van der Waals surface area contributed by atoms with Crippen LogP contribution in [0, 0.1) is 0 Å². The number of amides is 1. The average Bonchev–Trinajstić information content (AvgIpc) is 3.27. The van der Waals surface area contributed by atoms with E-state index < -0.39 is 0 Å². The zero-order chi connectivity index (χ0) is 25.2. The van der Waals surface area contributed by atoms with Crippen LogP contribution in [0.5, 0.6) is 5.75 Å². The highest BCUT2D eigenvalue weighted by Gasteiger charge is 2.12. The number of hydrogen-bond donors (Lipinski definition) is 1. The van der Waals surface area contributed by atoms with E-state index in [0.717, 1.165) is 47.6 Å². The summed E-state index contributed by atoms with van der Waals surface area (Å²) in [7, 11) is 0. The Hall–Kier alpha value is -3.86. The van der Waals surface area contributed by atoms with Crippen molar-refractivity contribution < 1.29 is 9.53 Å². The van der Waals surface area contributed by atoms with Crippen LogP contribution in [0.3, 0.4) is 0 Å². The molecule has 0 bridgehead atoms. The van der Waals surface area contributed by atoms with Crippen LogP contribution < -0.4 is 10.1 Å². The molecule has 0 saturated heterocycles. The molecule has 4 aromatic rings. The van der Waals surface area contributed by atoms with E-state index in [4.69, 9.17) is 9.72 Å². The first-order valence-electron chi connectivity index (χ1n) is 12.8. The van der Waals surface area contributed by atoms with E-state index in [1.165, 1.54) is 5.56 Å². The number of nitrogens with one attached hydrogen (secondary N) is 1. The number of para-hydroxylation sites is 3. The van der Waals surface area contributed by atoms with Crippen LogP contribution in [0.1, 0.15) is 49.6 Å². The SMILES string of the molecule is CCC(C)c1ccccc1OCCCn1c(CCNC(=O)/C=C/c2ccccc2)nc2ccccc21. The Morgan fingerprint density at radius 2 is 1.78 bits per heavy atom. The molecular weight excluding hydrogens is 446 g/mol. The van der Waals surface area contributed by atoms with Crippen LogP contribution in [0.4, 0.5) is 0 Å². The van der Waals surface area contributed by atoms with Crippen LogP contribution in [-0.2, 0) is 17.8 Å². The third kappa shape index (κ3) is 6.63. The van der Waals surface area contributed by atoms with Crippen LogP contribution in [-0.4, -0.2) is 28.6 Å². The summed E-state index contributed by atoms with van der Waals surface area (Å²) in [5, 5.41) is 2.98. The first-order chi connectivity index (χ1) is 17.7. The van der Waals surface area contributed by atoms with Crippen LogP contribution in [0.15, 0.2) is 84.9 Å². The van der Waals surface area contributed by atoms with Gasteiger partial charge in [0.25, 0.3) is 0 Å². The van der Waals surface area contributed by atoms with Gasteiger partial charge < -0.3 is 14.6 Å². The molecule has 1 N–H and O–H groups in total. The summed E-state index contributed by atoms with van der Waals surface area (Å²) in [4.78, 5) is 17.1. The Kier molecular flexibility index (Phi) is 8.92. The van der Waals surface area contributed by atoms with Crippen molar-refractivity contribution in [3.05, 3.63) is 102 Å². The Morgan fingerprint density at radius 1 is 1.03 bits per heavy atom. The number of carbonyl (C=O) groups is 1. The minimum absolute atomic E-state index is 0.102. The van der Waals surface area contributed by atoms with Gasteiger partial charge in [0.15, 0.2) is 0 Å². The summed E-state index contributed by atoms with van der Waals surface area (Å²) in [6.45, 7) is 6.42. The molecule has 4 rings (SSSR count). The van der Waals surface area contributed by atoms with Crippen molar-refractivity contribution in [2.24, 2.45) is 0 Å². The largest absolute Gasteiger partial charge is 0.493 e. The number of aromatic nitrogens is 2. The first-order valence-corrected chi connectivity index (χ1v) is 12.8. The van der Waals surface area contributed by atoms with Gasteiger partial charge in [-0.2, -0.15) is 0 Å². The second-order valence-corrected chi connectivity index (χ2v) is 9.00. The van der Waals surface area contributed by atoms with Gasteiger partial charge >= 0.3 is 0 Å². The van der Waals surface area contributed by atoms with Gasteiger partial charge in [-0.05, 0) is 54.2 Å². The second-order valence-electron chi connectivity index (χ2n) is 9.00. The molecule has 3 aromatic carbocycles. The maximum atomic E-state index is 12.3.